The zero-order valence-electron chi connectivity index (χ0n) is 14.3. The molecule has 2 rings (SSSR count). The summed E-state index contributed by atoms with van der Waals surface area (Å²) in [5.41, 5.74) is 0.968. The van der Waals surface area contributed by atoms with Gasteiger partial charge in [-0.1, -0.05) is 0 Å². The fourth-order valence-electron chi connectivity index (χ4n) is 2.67. The van der Waals surface area contributed by atoms with Gasteiger partial charge in [-0.15, -0.1) is 0 Å². The van der Waals surface area contributed by atoms with Gasteiger partial charge in [-0.25, -0.2) is 9.97 Å². The second kappa shape index (κ2) is 8.41. The third-order valence-corrected chi connectivity index (χ3v) is 4.04. The third-order valence-electron chi connectivity index (χ3n) is 4.04. The zero-order chi connectivity index (χ0) is 15.9. The Morgan fingerprint density at radius 2 is 2.00 bits per heavy atom. The minimum absolute atomic E-state index is 0.393. The molecule has 0 saturated carbocycles. The largest absolute Gasteiger partial charge is 0.377 e. The van der Waals surface area contributed by atoms with E-state index in [2.05, 4.69) is 39.1 Å². The standard InChI is InChI=1S/C16H29N5O/c1-13(5-6-21-9-7-20(3)8-10-21)17-15-11-14(2)18-16(19-15)12-22-4/h11,13H,5-10,12H2,1-4H3,(H,17,18,19). The van der Waals surface area contributed by atoms with Gasteiger partial charge in [0.05, 0.1) is 0 Å². The van der Waals surface area contributed by atoms with Crippen LogP contribution in [0.15, 0.2) is 6.07 Å². The normalized spacial score (nSPS) is 18.4. The van der Waals surface area contributed by atoms with Crippen LogP contribution < -0.4 is 5.32 Å². The Morgan fingerprint density at radius 1 is 1.27 bits per heavy atom. The van der Waals surface area contributed by atoms with Crippen molar-refractivity contribution < 1.29 is 4.74 Å². The van der Waals surface area contributed by atoms with Crippen molar-refractivity contribution in [3.05, 3.63) is 17.6 Å². The van der Waals surface area contributed by atoms with E-state index >= 15 is 0 Å². The first-order chi connectivity index (χ1) is 10.6. The van der Waals surface area contributed by atoms with Gasteiger partial charge in [0.2, 0.25) is 0 Å². The van der Waals surface area contributed by atoms with Crippen LogP contribution in [0.2, 0.25) is 0 Å². The van der Waals surface area contributed by atoms with Crippen LogP contribution in [0, 0.1) is 6.92 Å². The van der Waals surface area contributed by atoms with Gasteiger partial charge < -0.3 is 19.9 Å². The van der Waals surface area contributed by atoms with Gasteiger partial charge in [0.1, 0.15) is 12.4 Å². The Balaban J connectivity index is 1.80. The van der Waals surface area contributed by atoms with Crippen molar-refractivity contribution in [1.82, 2.24) is 19.8 Å². The number of nitrogens with one attached hydrogen (secondary N) is 1. The maximum Gasteiger partial charge on any atom is 0.156 e. The predicted octanol–water partition coefficient (Wildman–Crippen LogP) is 1.37. The van der Waals surface area contributed by atoms with Crippen molar-refractivity contribution in [1.29, 1.82) is 0 Å². The van der Waals surface area contributed by atoms with E-state index < -0.39 is 0 Å². The first-order valence-electron chi connectivity index (χ1n) is 8.07. The van der Waals surface area contributed by atoms with Crippen LogP contribution in [0.3, 0.4) is 0 Å². The minimum atomic E-state index is 0.393. The van der Waals surface area contributed by atoms with Gasteiger partial charge in [0.25, 0.3) is 0 Å². The quantitative estimate of drug-likeness (QED) is 0.821. The number of hydrogen-bond acceptors (Lipinski definition) is 6. The van der Waals surface area contributed by atoms with Crippen LogP contribution in [0.25, 0.3) is 0 Å². The van der Waals surface area contributed by atoms with Crippen molar-refractivity contribution in [2.24, 2.45) is 0 Å². The fourth-order valence-corrected chi connectivity index (χ4v) is 2.67. The molecule has 0 aliphatic carbocycles. The highest BCUT2D eigenvalue weighted by Crippen LogP contribution is 2.10. The number of ether oxygens (including phenoxy) is 1. The molecule has 2 heterocycles. The van der Waals surface area contributed by atoms with Gasteiger partial charge in [-0.05, 0) is 27.3 Å². The number of likely N-dealkylation sites (N-methyl/N-ethyl adjacent to an activating group) is 1. The lowest BCUT2D eigenvalue weighted by Crippen LogP contribution is -2.45. The number of piperazine rings is 1. The molecular weight excluding hydrogens is 278 g/mol. The molecule has 1 N–H and O–H groups in total. The molecule has 0 spiro atoms. The van der Waals surface area contributed by atoms with E-state index in [9.17, 15) is 0 Å². The first-order valence-corrected chi connectivity index (χ1v) is 8.07. The molecule has 0 aromatic carbocycles. The fraction of sp³-hybridized carbons (Fsp3) is 0.750. The van der Waals surface area contributed by atoms with E-state index in [1.165, 1.54) is 26.2 Å². The number of nitrogens with zero attached hydrogens (tertiary/aromatic N) is 4. The topological polar surface area (TPSA) is 53.5 Å². The lowest BCUT2D eigenvalue weighted by atomic mass is 10.2. The lowest BCUT2D eigenvalue weighted by Gasteiger charge is -2.33. The molecule has 1 saturated heterocycles. The smallest absolute Gasteiger partial charge is 0.156 e. The molecule has 22 heavy (non-hydrogen) atoms. The monoisotopic (exact) mass is 307 g/mol. The second-order valence-corrected chi connectivity index (χ2v) is 6.22. The van der Waals surface area contributed by atoms with Crippen LogP contribution in [0.4, 0.5) is 5.82 Å². The molecule has 1 fully saturated rings. The predicted molar refractivity (Wildman–Crippen MR) is 89.1 cm³/mol. The van der Waals surface area contributed by atoms with Crippen LogP contribution in [-0.4, -0.2) is 72.7 Å². The number of methoxy groups -OCH3 is 1. The summed E-state index contributed by atoms with van der Waals surface area (Å²) in [6.45, 7) is 10.5. The summed E-state index contributed by atoms with van der Waals surface area (Å²) in [6.07, 6.45) is 1.12. The molecule has 0 bridgehead atoms. The Hall–Kier alpha value is -1.24. The Morgan fingerprint density at radius 3 is 2.68 bits per heavy atom. The van der Waals surface area contributed by atoms with Crippen LogP contribution in [0.5, 0.6) is 0 Å². The molecule has 0 amide bonds. The summed E-state index contributed by atoms with van der Waals surface area (Å²) in [5, 5.41) is 3.49. The number of hydrogen-bond donors (Lipinski definition) is 1. The molecule has 1 atom stereocenters. The third kappa shape index (κ3) is 5.51. The minimum Gasteiger partial charge on any atom is -0.377 e. The Bertz CT molecular complexity index is 460. The summed E-state index contributed by atoms with van der Waals surface area (Å²) in [6, 6.07) is 2.38. The highest BCUT2D eigenvalue weighted by Gasteiger charge is 2.14. The summed E-state index contributed by atoms with van der Waals surface area (Å²) in [4.78, 5) is 13.8. The van der Waals surface area contributed by atoms with Crippen LogP contribution in [0.1, 0.15) is 24.9 Å². The Labute approximate surface area is 133 Å². The van der Waals surface area contributed by atoms with E-state index in [4.69, 9.17) is 4.74 Å². The van der Waals surface area contributed by atoms with Gasteiger partial charge in [-0.2, -0.15) is 0 Å². The SMILES string of the molecule is COCc1nc(C)cc(NC(C)CCN2CCN(C)CC2)n1. The number of aromatic nitrogens is 2. The van der Waals surface area contributed by atoms with E-state index in [-0.39, 0.29) is 0 Å². The molecule has 0 radical (unpaired) electrons. The van der Waals surface area contributed by atoms with Gasteiger partial charge in [0.15, 0.2) is 5.82 Å². The maximum absolute atomic E-state index is 5.11. The van der Waals surface area contributed by atoms with Crippen molar-refractivity contribution in [3.8, 4) is 0 Å². The maximum atomic E-state index is 5.11. The number of anilines is 1. The summed E-state index contributed by atoms with van der Waals surface area (Å²) in [7, 11) is 3.86. The van der Waals surface area contributed by atoms with Gasteiger partial charge in [-0.3, -0.25) is 0 Å². The molecule has 124 valence electrons. The second-order valence-electron chi connectivity index (χ2n) is 6.22. The highest BCUT2D eigenvalue weighted by atomic mass is 16.5. The molecule has 1 aliphatic heterocycles. The zero-order valence-corrected chi connectivity index (χ0v) is 14.3. The van der Waals surface area contributed by atoms with E-state index in [1.807, 2.05) is 13.0 Å². The van der Waals surface area contributed by atoms with Crippen molar-refractivity contribution >= 4 is 5.82 Å². The molecular formula is C16H29N5O. The lowest BCUT2D eigenvalue weighted by molar-refractivity contribution is 0.151. The van der Waals surface area contributed by atoms with Gasteiger partial charge >= 0.3 is 0 Å². The van der Waals surface area contributed by atoms with E-state index in [1.54, 1.807) is 7.11 Å². The Kier molecular flexibility index (Phi) is 6.54. The molecule has 1 aliphatic rings. The molecule has 6 heteroatoms. The molecule has 1 aromatic rings. The van der Waals surface area contributed by atoms with E-state index in [0.29, 0.717) is 12.6 Å². The molecule has 1 unspecified atom stereocenters. The number of aryl methyl sites for hydroxylation is 1. The van der Waals surface area contributed by atoms with Crippen molar-refractivity contribution in [2.45, 2.75) is 32.9 Å². The van der Waals surface area contributed by atoms with Crippen LogP contribution >= 0.6 is 0 Å². The summed E-state index contributed by atoms with van der Waals surface area (Å²) in [5.74, 6) is 1.63. The van der Waals surface area contributed by atoms with Crippen molar-refractivity contribution in [2.75, 3.05) is 52.2 Å². The summed E-state index contributed by atoms with van der Waals surface area (Å²) >= 11 is 0. The van der Waals surface area contributed by atoms with Crippen LogP contribution in [-0.2, 0) is 11.3 Å². The van der Waals surface area contributed by atoms with Crippen molar-refractivity contribution in [3.63, 3.8) is 0 Å². The average molecular weight is 307 g/mol. The number of rotatable bonds is 7. The highest BCUT2D eigenvalue weighted by molar-refractivity contribution is 5.36. The average Bonchev–Trinajstić information content (AvgIpc) is 2.46. The first kappa shape index (κ1) is 17.1. The van der Waals surface area contributed by atoms with Gasteiger partial charge in [0, 0.05) is 57.6 Å². The molecule has 1 aromatic heterocycles. The molecule has 6 nitrogen and oxygen atoms in total. The van der Waals surface area contributed by atoms with E-state index in [0.717, 1.165) is 30.3 Å². The summed E-state index contributed by atoms with van der Waals surface area (Å²) < 4.78 is 5.11.